The number of carbonyl (C=O) groups excluding carboxylic acids is 1. The predicted molar refractivity (Wildman–Crippen MR) is 67.5 cm³/mol. The lowest BCUT2D eigenvalue weighted by atomic mass is 10.1. The summed E-state index contributed by atoms with van der Waals surface area (Å²) in [6.45, 7) is -2.03. The first-order chi connectivity index (χ1) is 9.32. The van der Waals surface area contributed by atoms with Gasteiger partial charge in [-0.2, -0.15) is 8.78 Å². The van der Waals surface area contributed by atoms with Gasteiger partial charge in [0.15, 0.2) is 0 Å². The van der Waals surface area contributed by atoms with Gasteiger partial charge in [-0.25, -0.2) is 0 Å². The number of alkyl halides is 2. The summed E-state index contributed by atoms with van der Waals surface area (Å²) in [5.41, 5.74) is -0.752. The Balaban J connectivity index is 2.46. The van der Waals surface area contributed by atoms with E-state index < -0.39 is 18.8 Å². The molecule has 0 aliphatic carbocycles. The van der Waals surface area contributed by atoms with E-state index in [-0.39, 0.29) is 24.6 Å². The van der Waals surface area contributed by atoms with Gasteiger partial charge in [0.2, 0.25) is 5.91 Å². The number of benzene rings is 1. The van der Waals surface area contributed by atoms with Gasteiger partial charge in [0, 0.05) is 6.54 Å². The standard InChI is InChI=1S/C13H17F2NO4/c1-13(19,8-17)7-16-11(18)6-9-2-4-10(5-3-9)20-12(14)15/h2-5,12,17,19H,6-8H2,1H3,(H,16,18). The van der Waals surface area contributed by atoms with Crippen LogP contribution in [0.2, 0.25) is 0 Å². The molecule has 1 aromatic rings. The molecule has 0 radical (unpaired) electrons. The van der Waals surface area contributed by atoms with Crippen molar-refractivity contribution in [3.8, 4) is 5.75 Å². The summed E-state index contributed by atoms with van der Waals surface area (Å²) in [6, 6.07) is 5.69. The highest BCUT2D eigenvalue weighted by molar-refractivity contribution is 5.78. The van der Waals surface area contributed by atoms with Crippen LogP contribution in [0.3, 0.4) is 0 Å². The van der Waals surface area contributed by atoms with Crippen LogP contribution < -0.4 is 10.1 Å². The summed E-state index contributed by atoms with van der Waals surface area (Å²) < 4.78 is 28.1. The first kappa shape index (κ1) is 16.3. The first-order valence-electron chi connectivity index (χ1n) is 5.96. The molecule has 5 nitrogen and oxygen atoms in total. The Morgan fingerprint density at radius 2 is 2.00 bits per heavy atom. The molecule has 7 heteroatoms. The molecule has 0 aliphatic heterocycles. The summed E-state index contributed by atoms with van der Waals surface area (Å²) in [5, 5.41) is 20.8. The van der Waals surface area contributed by atoms with E-state index in [4.69, 9.17) is 5.11 Å². The third-order valence-corrected chi connectivity index (χ3v) is 2.52. The number of aliphatic hydroxyl groups is 2. The molecule has 0 saturated heterocycles. The summed E-state index contributed by atoms with van der Waals surface area (Å²) in [6.07, 6.45) is 0.0382. The van der Waals surface area contributed by atoms with Crippen LogP contribution in [0, 0.1) is 0 Å². The minimum absolute atomic E-state index is 0.0207. The zero-order chi connectivity index (χ0) is 15.2. The molecular weight excluding hydrogens is 272 g/mol. The van der Waals surface area contributed by atoms with Crippen molar-refractivity contribution < 1.29 is 28.5 Å². The molecule has 3 N–H and O–H groups in total. The van der Waals surface area contributed by atoms with Crippen LogP contribution in [-0.2, 0) is 11.2 Å². The largest absolute Gasteiger partial charge is 0.435 e. The molecule has 1 rings (SSSR count). The number of rotatable bonds is 7. The molecule has 0 spiro atoms. The molecular formula is C13H17F2NO4. The van der Waals surface area contributed by atoms with E-state index in [0.717, 1.165) is 0 Å². The van der Waals surface area contributed by atoms with Crippen LogP contribution in [-0.4, -0.2) is 41.5 Å². The lowest BCUT2D eigenvalue weighted by Crippen LogP contribution is -2.43. The second-order valence-electron chi connectivity index (χ2n) is 4.63. The van der Waals surface area contributed by atoms with Crippen LogP contribution in [0.5, 0.6) is 5.75 Å². The summed E-state index contributed by atoms with van der Waals surface area (Å²) >= 11 is 0. The van der Waals surface area contributed by atoms with Crippen LogP contribution in [0.25, 0.3) is 0 Å². The zero-order valence-corrected chi connectivity index (χ0v) is 11.0. The van der Waals surface area contributed by atoms with Gasteiger partial charge in [0.25, 0.3) is 0 Å². The molecule has 0 fully saturated rings. The van der Waals surface area contributed by atoms with Gasteiger partial charge in [0.1, 0.15) is 11.4 Å². The maximum Gasteiger partial charge on any atom is 0.387 e. The molecule has 0 bridgehead atoms. The lowest BCUT2D eigenvalue weighted by Gasteiger charge is -2.20. The van der Waals surface area contributed by atoms with E-state index in [0.29, 0.717) is 5.56 Å². The van der Waals surface area contributed by atoms with E-state index >= 15 is 0 Å². The second-order valence-corrected chi connectivity index (χ2v) is 4.63. The summed E-state index contributed by atoms with van der Waals surface area (Å²) in [7, 11) is 0. The summed E-state index contributed by atoms with van der Waals surface area (Å²) in [4.78, 5) is 11.6. The fraction of sp³-hybridized carbons (Fsp3) is 0.462. The normalized spacial score (nSPS) is 13.9. The maximum atomic E-state index is 11.9. The van der Waals surface area contributed by atoms with Crippen molar-refractivity contribution in [2.24, 2.45) is 0 Å². The average molecular weight is 289 g/mol. The van der Waals surface area contributed by atoms with Gasteiger partial charge in [-0.1, -0.05) is 12.1 Å². The van der Waals surface area contributed by atoms with E-state index in [9.17, 15) is 18.7 Å². The smallest absolute Gasteiger partial charge is 0.387 e. The van der Waals surface area contributed by atoms with E-state index in [1.807, 2.05) is 0 Å². The van der Waals surface area contributed by atoms with Crippen LogP contribution in [0.4, 0.5) is 8.78 Å². The number of carbonyl (C=O) groups is 1. The number of halogens is 2. The van der Waals surface area contributed by atoms with Crippen molar-refractivity contribution >= 4 is 5.91 Å². The number of ether oxygens (including phenoxy) is 1. The Kier molecular flexibility index (Phi) is 5.84. The molecule has 112 valence electrons. The molecule has 1 unspecified atom stereocenters. The van der Waals surface area contributed by atoms with Gasteiger partial charge < -0.3 is 20.3 Å². The van der Waals surface area contributed by atoms with Gasteiger partial charge in [0.05, 0.1) is 13.0 Å². The molecule has 0 aliphatic rings. The Bertz CT molecular complexity index is 435. The number of nitrogens with one attached hydrogen (secondary N) is 1. The Hall–Kier alpha value is -1.73. The summed E-state index contributed by atoms with van der Waals surface area (Å²) in [5.74, 6) is -0.325. The van der Waals surface area contributed by atoms with Gasteiger partial charge in [-0.05, 0) is 24.6 Å². The van der Waals surface area contributed by atoms with Crippen LogP contribution in [0.15, 0.2) is 24.3 Å². The number of aliphatic hydroxyl groups excluding tert-OH is 1. The SMILES string of the molecule is CC(O)(CO)CNC(=O)Cc1ccc(OC(F)F)cc1. The molecule has 1 amide bonds. The Morgan fingerprint density at radius 1 is 1.40 bits per heavy atom. The van der Waals surface area contributed by atoms with E-state index in [1.54, 1.807) is 0 Å². The van der Waals surface area contributed by atoms with Crippen LogP contribution in [0.1, 0.15) is 12.5 Å². The molecule has 1 atom stereocenters. The maximum absolute atomic E-state index is 11.9. The molecule has 20 heavy (non-hydrogen) atoms. The fourth-order valence-corrected chi connectivity index (χ4v) is 1.38. The average Bonchev–Trinajstić information content (AvgIpc) is 2.38. The topological polar surface area (TPSA) is 78.8 Å². The second kappa shape index (κ2) is 7.16. The van der Waals surface area contributed by atoms with Gasteiger partial charge in [-0.15, -0.1) is 0 Å². The Morgan fingerprint density at radius 3 is 2.50 bits per heavy atom. The molecule has 0 aromatic heterocycles. The van der Waals surface area contributed by atoms with Crippen molar-refractivity contribution in [3.05, 3.63) is 29.8 Å². The Labute approximate surface area is 115 Å². The van der Waals surface area contributed by atoms with Crippen LogP contribution >= 0.6 is 0 Å². The molecule has 1 aromatic carbocycles. The fourth-order valence-electron chi connectivity index (χ4n) is 1.38. The lowest BCUT2D eigenvalue weighted by molar-refractivity contribution is -0.121. The molecule has 0 saturated carbocycles. The minimum Gasteiger partial charge on any atom is -0.435 e. The highest BCUT2D eigenvalue weighted by Crippen LogP contribution is 2.15. The molecule has 0 heterocycles. The monoisotopic (exact) mass is 289 g/mol. The quantitative estimate of drug-likeness (QED) is 0.690. The third kappa shape index (κ3) is 5.94. The van der Waals surface area contributed by atoms with E-state index in [2.05, 4.69) is 10.1 Å². The number of amides is 1. The van der Waals surface area contributed by atoms with Crippen molar-refractivity contribution in [1.82, 2.24) is 5.32 Å². The van der Waals surface area contributed by atoms with Crippen molar-refractivity contribution in [2.75, 3.05) is 13.2 Å². The zero-order valence-electron chi connectivity index (χ0n) is 11.0. The van der Waals surface area contributed by atoms with Crippen molar-refractivity contribution in [3.63, 3.8) is 0 Å². The highest BCUT2D eigenvalue weighted by atomic mass is 19.3. The van der Waals surface area contributed by atoms with Crippen molar-refractivity contribution in [2.45, 2.75) is 25.6 Å². The highest BCUT2D eigenvalue weighted by Gasteiger charge is 2.19. The number of hydrogen-bond acceptors (Lipinski definition) is 4. The number of hydrogen-bond donors (Lipinski definition) is 3. The van der Waals surface area contributed by atoms with E-state index in [1.165, 1.54) is 31.2 Å². The van der Waals surface area contributed by atoms with Gasteiger partial charge in [-0.3, -0.25) is 4.79 Å². The minimum atomic E-state index is -2.88. The predicted octanol–water partition coefficient (Wildman–Crippen LogP) is 0.690. The van der Waals surface area contributed by atoms with Crippen molar-refractivity contribution in [1.29, 1.82) is 0 Å². The first-order valence-corrected chi connectivity index (χ1v) is 5.96. The van der Waals surface area contributed by atoms with Gasteiger partial charge >= 0.3 is 6.61 Å². The third-order valence-electron chi connectivity index (χ3n) is 2.52.